The lowest BCUT2D eigenvalue weighted by Crippen LogP contribution is -2.06. The number of hydrogen-bond acceptors (Lipinski definition) is 2. The Morgan fingerprint density at radius 3 is 2.47 bits per heavy atom. The Hall–Kier alpha value is -1.61. The van der Waals surface area contributed by atoms with Crippen LogP contribution < -0.4 is 5.73 Å². The molecule has 1 aliphatic carbocycles. The molecule has 2 N–H and O–H groups in total. The molecule has 1 aliphatic rings. The lowest BCUT2D eigenvalue weighted by Gasteiger charge is -2.19. The van der Waals surface area contributed by atoms with Crippen LogP contribution in [0.3, 0.4) is 0 Å². The van der Waals surface area contributed by atoms with Gasteiger partial charge in [-0.15, -0.1) is 0 Å². The molecule has 0 saturated heterocycles. The zero-order chi connectivity index (χ0) is 13.1. The van der Waals surface area contributed by atoms with Crippen molar-refractivity contribution >= 4 is 0 Å². The smallest absolute Gasteiger partial charge is 0.0659 e. The molecule has 0 atom stereocenters. The summed E-state index contributed by atoms with van der Waals surface area (Å²) in [5.74, 6) is 0.665. The molecule has 1 aromatic carbocycles. The van der Waals surface area contributed by atoms with Crippen LogP contribution in [0.4, 0.5) is 0 Å². The number of nitrogens with two attached hydrogens (primary N) is 1. The van der Waals surface area contributed by atoms with Gasteiger partial charge in [-0.25, -0.2) is 4.68 Å². The van der Waals surface area contributed by atoms with Crippen molar-refractivity contribution in [2.45, 2.75) is 44.6 Å². The number of benzene rings is 1. The van der Waals surface area contributed by atoms with Gasteiger partial charge in [0.1, 0.15) is 0 Å². The highest BCUT2D eigenvalue weighted by Gasteiger charge is 2.17. The molecule has 3 rings (SSSR count). The van der Waals surface area contributed by atoms with Crippen molar-refractivity contribution in [2.75, 3.05) is 0 Å². The van der Waals surface area contributed by atoms with E-state index in [1.165, 1.54) is 37.8 Å². The second kappa shape index (κ2) is 5.57. The first-order valence-electron chi connectivity index (χ1n) is 7.22. The van der Waals surface area contributed by atoms with E-state index in [1.807, 2.05) is 4.68 Å². The molecule has 1 fully saturated rings. The third-order valence-corrected chi connectivity index (χ3v) is 4.07. The largest absolute Gasteiger partial charge is 0.326 e. The molecule has 2 aromatic rings. The van der Waals surface area contributed by atoms with Gasteiger partial charge in [-0.05, 0) is 36.6 Å². The summed E-state index contributed by atoms with van der Waals surface area (Å²) in [6.07, 6.45) is 8.75. The van der Waals surface area contributed by atoms with Crippen LogP contribution in [0.25, 0.3) is 5.69 Å². The summed E-state index contributed by atoms with van der Waals surface area (Å²) >= 11 is 0. The van der Waals surface area contributed by atoms with Crippen LogP contribution in [0.2, 0.25) is 0 Å². The van der Waals surface area contributed by atoms with Crippen molar-refractivity contribution < 1.29 is 0 Å². The molecule has 0 amide bonds. The standard InChI is InChI=1S/C16H21N3/c17-12-13-6-8-15(9-7-13)19-11-10-16(18-19)14-4-2-1-3-5-14/h6-11,14H,1-5,12,17H2. The molecule has 0 aliphatic heterocycles. The molecule has 3 nitrogen and oxygen atoms in total. The van der Waals surface area contributed by atoms with Gasteiger partial charge in [-0.3, -0.25) is 0 Å². The third-order valence-electron chi connectivity index (χ3n) is 4.07. The van der Waals surface area contributed by atoms with Crippen molar-refractivity contribution in [3.05, 3.63) is 47.8 Å². The number of nitrogens with zero attached hydrogens (tertiary/aromatic N) is 2. The fourth-order valence-electron chi connectivity index (χ4n) is 2.88. The van der Waals surface area contributed by atoms with Gasteiger partial charge in [0.25, 0.3) is 0 Å². The molecular weight excluding hydrogens is 234 g/mol. The van der Waals surface area contributed by atoms with E-state index in [0.29, 0.717) is 12.5 Å². The van der Waals surface area contributed by atoms with E-state index in [-0.39, 0.29) is 0 Å². The first kappa shape index (κ1) is 12.4. The topological polar surface area (TPSA) is 43.8 Å². The van der Waals surface area contributed by atoms with E-state index in [1.54, 1.807) is 0 Å². The van der Waals surface area contributed by atoms with E-state index in [4.69, 9.17) is 10.8 Å². The molecule has 0 spiro atoms. The highest BCUT2D eigenvalue weighted by molar-refractivity contribution is 5.34. The minimum absolute atomic E-state index is 0.590. The summed E-state index contributed by atoms with van der Waals surface area (Å²) in [6.45, 7) is 0.590. The molecule has 1 aromatic heterocycles. The molecular formula is C16H21N3. The maximum Gasteiger partial charge on any atom is 0.0659 e. The van der Waals surface area contributed by atoms with Crippen molar-refractivity contribution in [3.63, 3.8) is 0 Å². The Balaban J connectivity index is 1.79. The van der Waals surface area contributed by atoms with Gasteiger partial charge in [0.2, 0.25) is 0 Å². The summed E-state index contributed by atoms with van der Waals surface area (Å²) in [6, 6.07) is 10.5. The van der Waals surface area contributed by atoms with Crippen LogP contribution in [0.15, 0.2) is 36.5 Å². The van der Waals surface area contributed by atoms with Gasteiger partial charge in [0.15, 0.2) is 0 Å². The summed E-state index contributed by atoms with van der Waals surface area (Å²) in [7, 11) is 0. The minimum Gasteiger partial charge on any atom is -0.326 e. The Kier molecular flexibility index (Phi) is 3.65. The first-order valence-corrected chi connectivity index (χ1v) is 7.22. The average molecular weight is 255 g/mol. The number of aromatic nitrogens is 2. The third kappa shape index (κ3) is 2.71. The molecule has 0 radical (unpaired) electrons. The molecule has 0 unspecified atom stereocenters. The fraction of sp³-hybridized carbons (Fsp3) is 0.438. The monoisotopic (exact) mass is 255 g/mol. The van der Waals surface area contributed by atoms with Crippen molar-refractivity contribution in [3.8, 4) is 5.69 Å². The van der Waals surface area contributed by atoms with Crippen molar-refractivity contribution in [1.29, 1.82) is 0 Å². The second-order valence-electron chi connectivity index (χ2n) is 5.39. The van der Waals surface area contributed by atoms with E-state index in [2.05, 4.69) is 36.5 Å². The highest BCUT2D eigenvalue weighted by Crippen LogP contribution is 2.31. The molecule has 0 bridgehead atoms. The van der Waals surface area contributed by atoms with Crippen molar-refractivity contribution in [1.82, 2.24) is 9.78 Å². The number of rotatable bonds is 3. The molecule has 1 heterocycles. The van der Waals surface area contributed by atoms with Crippen LogP contribution in [0.1, 0.15) is 49.3 Å². The normalized spacial score (nSPS) is 16.7. The van der Waals surface area contributed by atoms with E-state index in [9.17, 15) is 0 Å². The lowest BCUT2D eigenvalue weighted by atomic mass is 9.87. The van der Waals surface area contributed by atoms with Crippen LogP contribution in [-0.2, 0) is 6.54 Å². The molecule has 3 heteroatoms. The van der Waals surface area contributed by atoms with Gasteiger partial charge < -0.3 is 5.73 Å². The van der Waals surface area contributed by atoms with Crippen LogP contribution in [-0.4, -0.2) is 9.78 Å². The Labute approximate surface area is 114 Å². The summed E-state index contributed by atoms with van der Waals surface area (Å²) in [4.78, 5) is 0. The SMILES string of the molecule is NCc1ccc(-n2ccc(C3CCCCC3)n2)cc1. The quantitative estimate of drug-likeness (QED) is 0.913. The van der Waals surface area contributed by atoms with Gasteiger partial charge in [0.05, 0.1) is 11.4 Å². The Bertz CT molecular complexity index is 521. The maximum atomic E-state index is 5.62. The van der Waals surface area contributed by atoms with Gasteiger partial charge in [-0.1, -0.05) is 31.4 Å². The molecule has 1 saturated carbocycles. The second-order valence-corrected chi connectivity index (χ2v) is 5.39. The average Bonchev–Trinajstić information content (AvgIpc) is 2.98. The predicted molar refractivity (Wildman–Crippen MR) is 77.3 cm³/mol. The van der Waals surface area contributed by atoms with Crippen molar-refractivity contribution in [2.24, 2.45) is 5.73 Å². The summed E-state index contributed by atoms with van der Waals surface area (Å²) in [5, 5.41) is 4.75. The lowest BCUT2D eigenvalue weighted by molar-refractivity contribution is 0.435. The first-order chi connectivity index (χ1) is 9.36. The van der Waals surface area contributed by atoms with Crippen LogP contribution in [0, 0.1) is 0 Å². The minimum atomic E-state index is 0.590. The predicted octanol–water partition coefficient (Wildman–Crippen LogP) is 3.38. The number of hydrogen-bond donors (Lipinski definition) is 1. The van der Waals surface area contributed by atoms with Crippen LogP contribution in [0.5, 0.6) is 0 Å². The van der Waals surface area contributed by atoms with E-state index >= 15 is 0 Å². The fourth-order valence-corrected chi connectivity index (χ4v) is 2.88. The van der Waals surface area contributed by atoms with E-state index < -0.39 is 0 Å². The van der Waals surface area contributed by atoms with Gasteiger partial charge >= 0.3 is 0 Å². The Morgan fingerprint density at radius 2 is 1.79 bits per heavy atom. The summed E-state index contributed by atoms with van der Waals surface area (Å²) in [5.41, 5.74) is 9.14. The molecule has 19 heavy (non-hydrogen) atoms. The zero-order valence-corrected chi connectivity index (χ0v) is 11.3. The zero-order valence-electron chi connectivity index (χ0n) is 11.3. The van der Waals surface area contributed by atoms with Gasteiger partial charge in [-0.2, -0.15) is 5.10 Å². The van der Waals surface area contributed by atoms with Crippen LogP contribution >= 0.6 is 0 Å². The Morgan fingerprint density at radius 1 is 1.05 bits per heavy atom. The van der Waals surface area contributed by atoms with E-state index in [0.717, 1.165) is 11.3 Å². The summed E-state index contributed by atoms with van der Waals surface area (Å²) < 4.78 is 1.98. The highest BCUT2D eigenvalue weighted by atomic mass is 15.3. The van der Waals surface area contributed by atoms with Gasteiger partial charge in [0, 0.05) is 18.7 Å². The maximum absolute atomic E-state index is 5.62. The molecule has 100 valence electrons.